The van der Waals surface area contributed by atoms with Crippen molar-refractivity contribution in [3.05, 3.63) is 47.7 Å². The van der Waals surface area contributed by atoms with E-state index in [1.54, 1.807) is 24.4 Å². The van der Waals surface area contributed by atoms with E-state index in [-0.39, 0.29) is 5.78 Å². The van der Waals surface area contributed by atoms with E-state index in [1.807, 2.05) is 18.2 Å². The monoisotopic (exact) mass is 227 g/mol. The number of nitrogens with zero attached hydrogens (tertiary/aromatic N) is 1. The molecule has 1 N–H and O–H groups in total. The molecule has 2 heterocycles. The molecule has 0 aliphatic carbocycles. The quantitative estimate of drug-likeness (QED) is 0.741. The van der Waals surface area contributed by atoms with Crippen LogP contribution in [0.2, 0.25) is 0 Å². The maximum absolute atomic E-state index is 12.0. The van der Waals surface area contributed by atoms with Crippen LogP contribution in [0.3, 0.4) is 0 Å². The van der Waals surface area contributed by atoms with E-state index in [2.05, 4.69) is 0 Å². The first-order chi connectivity index (χ1) is 8.20. The third-order valence-electron chi connectivity index (χ3n) is 2.98. The second-order valence-corrected chi connectivity index (χ2v) is 3.96. The van der Waals surface area contributed by atoms with Crippen LogP contribution < -0.4 is 4.90 Å². The Hall–Kier alpha value is -2.36. The fraction of sp³-hybridized carbons (Fsp3) is 0.0769. The van der Waals surface area contributed by atoms with Gasteiger partial charge in [-0.3, -0.25) is 4.79 Å². The van der Waals surface area contributed by atoms with E-state index in [4.69, 9.17) is 5.11 Å². The number of para-hydroxylation sites is 1. The molecule has 1 aromatic carbocycles. The van der Waals surface area contributed by atoms with Gasteiger partial charge in [0.2, 0.25) is 0 Å². The molecule has 0 bridgehead atoms. The van der Waals surface area contributed by atoms with Crippen LogP contribution >= 0.6 is 0 Å². The minimum atomic E-state index is -1.14. The number of Topliss-reactive ketones (excluding diaryl/α,β-unsaturated/α-hetero) is 1. The van der Waals surface area contributed by atoms with Crippen molar-refractivity contribution in [1.29, 1.82) is 0 Å². The van der Waals surface area contributed by atoms with Gasteiger partial charge in [0.15, 0.2) is 11.8 Å². The van der Waals surface area contributed by atoms with Crippen molar-refractivity contribution in [2.45, 2.75) is 6.04 Å². The van der Waals surface area contributed by atoms with E-state index in [0.29, 0.717) is 11.3 Å². The highest BCUT2D eigenvalue weighted by Crippen LogP contribution is 2.37. The molecule has 2 aliphatic rings. The first-order valence-corrected chi connectivity index (χ1v) is 5.23. The van der Waals surface area contributed by atoms with E-state index in [9.17, 15) is 9.59 Å². The second-order valence-electron chi connectivity index (χ2n) is 3.96. The highest BCUT2D eigenvalue weighted by molar-refractivity contribution is 6.21. The molecule has 4 nitrogen and oxygen atoms in total. The molecule has 84 valence electrons. The number of hydrogen-bond donors (Lipinski definition) is 1. The van der Waals surface area contributed by atoms with Gasteiger partial charge in [-0.2, -0.15) is 0 Å². The molecule has 2 aliphatic heterocycles. The Morgan fingerprint density at radius 2 is 2.12 bits per heavy atom. The molecule has 1 atom stereocenters. The maximum atomic E-state index is 12.0. The molecule has 0 radical (unpaired) electrons. The first-order valence-electron chi connectivity index (χ1n) is 5.23. The standard InChI is InChI=1S/C13H9NO3/c15-12-9-6-3-5-8-4-1-2-7-14(10(8)9)11(12)13(16)17/h1-7,11H,(H,16,17). The van der Waals surface area contributed by atoms with E-state index in [0.717, 1.165) is 5.56 Å². The van der Waals surface area contributed by atoms with Crippen LogP contribution in [0, 0.1) is 0 Å². The summed E-state index contributed by atoms with van der Waals surface area (Å²) < 4.78 is 0. The van der Waals surface area contributed by atoms with Gasteiger partial charge < -0.3 is 10.0 Å². The summed E-state index contributed by atoms with van der Waals surface area (Å²) >= 11 is 0. The fourth-order valence-electron chi connectivity index (χ4n) is 2.28. The lowest BCUT2D eigenvalue weighted by Gasteiger charge is -2.19. The molecule has 0 saturated carbocycles. The molecule has 3 rings (SSSR count). The number of hydrogen-bond acceptors (Lipinski definition) is 3. The number of benzene rings is 1. The number of carbonyl (C=O) groups excluding carboxylic acids is 1. The molecule has 17 heavy (non-hydrogen) atoms. The van der Waals surface area contributed by atoms with Crippen LogP contribution in [0.4, 0.5) is 5.69 Å². The molecule has 0 aromatic heterocycles. The van der Waals surface area contributed by atoms with Crippen molar-refractivity contribution in [1.82, 2.24) is 0 Å². The lowest BCUT2D eigenvalue weighted by molar-refractivity contribution is -0.137. The largest absolute Gasteiger partial charge is 0.479 e. The minimum Gasteiger partial charge on any atom is -0.479 e. The van der Waals surface area contributed by atoms with Crippen LogP contribution in [-0.2, 0) is 4.79 Å². The van der Waals surface area contributed by atoms with E-state index < -0.39 is 12.0 Å². The van der Waals surface area contributed by atoms with Crippen molar-refractivity contribution >= 4 is 23.5 Å². The van der Waals surface area contributed by atoms with Crippen molar-refractivity contribution < 1.29 is 14.7 Å². The number of aliphatic carboxylic acids is 1. The molecular weight excluding hydrogens is 218 g/mol. The van der Waals surface area contributed by atoms with Crippen LogP contribution in [0.1, 0.15) is 15.9 Å². The third kappa shape index (κ3) is 1.24. The Morgan fingerprint density at radius 1 is 1.29 bits per heavy atom. The van der Waals surface area contributed by atoms with E-state index in [1.165, 1.54) is 4.90 Å². The van der Waals surface area contributed by atoms with Crippen molar-refractivity contribution in [3.63, 3.8) is 0 Å². The highest BCUT2D eigenvalue weighted by atomic mass is 16.4. The molecule has 1 aromatic rings. The Balaban J connectivity index is 2.29. The Labute approximate surface area is 97.5 Å². The summed E-state index contributed by atoms with van der Waals surface area (Å²) in [5.74, 6) is -1.47. The molecule has 0 amide bonds. The molecular formula is C13H9NO3. The summed E-state index contributed by atoms with van der Waals surface area (Å²) in [4.78, 5) is 24.7. The van der Waals surface area contributed by atoms with Gasteiger partial charge in [0.1, 0.15) is 0 Å². The topological polar surface area (TPSA) is 57.6 Å². The van der Waals surface area contributed by atoms with Gasteiger partial charge in [-0.15, -0.1) is 0 Å². The summed E-state index contributed by atoms with van der Waals surface area (Å²) in [6.45, 7) is 0. The van der Waals surface area contributed by atoms with Gasteiger partial charge in [-0.05, 0) is 17.7 Å². The smallest absolute Gasteiger partial charge is 0.334 e. The lowest BCUT2D eigenvalue weighted by atomic mass is 10.0. The first kappa shape index (κ1) is 9.84. The third-order valence-corrected chi connectivity index (χ3v) is 2.98. The molecule has 0 saturated heterocycles. The van der Waals surface area contributed by atoms with Crippen LogP contribution in [0.25, 0.3) is 6.08 Å². The van der Waals surface area contributed by atoms with Crippen LogP contribution in [0.15, 0.2) is 36.6 Å². The number of carboxylic acid groups (broad SMARTS) is 1. The molecule has 0 spiro atoms. The fourth-order valence-corrected chi connectivity index (χ4v) is 2.28. The molecule has 1 unspecified atom stereocenters. The minimum absolute atomic E-state index is 0.352. The lowest BCUT2D eigenvalue weighted by Crippen LogP contribution is -2.38. The predicted molar refractivity (Wildman–Crippen MR) is 62.8 cm³/mol. The number of anilines is 1. The maximum Gasteiger partial charge on any atom is 0.334 e. The zero-order chi connectivity index (χ0) is 12.0. The summed E-state index contributed by atoms with van der Waals surface area (Å²) in [5.41, 5.74) is 2.03. The van der Waals surface area contributed by atoms with Gasteiger partial charge in [0.05, 0.1) is 5.69 Å². The Kier molecular flexibility index (Phi) is 1.92. The SMILES string of the molecule is O=C(O)C1C(=O)c2cccc3c2N1C=CC=C3. The summed E-state index contributed by atoms with van der Waals surface area (Å²) in [6, 6.07) is 4.17. The normalized spacial score (nSPS) is 20.4. The van der Waals surface area contributed by atoms with Crippen LogP contribution in [-0.4, -0.2) is 22.9 Å². The van der Waals surface area contributed by atoms with E-state index >= 15 is 0 Å². The van der Waals surface area contributed by atoms with Gasteiger partial charge >= 0.3 is 5.97 Å². The summed E-state index contributed by atoms with van der Waals surface area (Å²) in [7, 11) is 0. The zero-order valence-electron chi connectivity index (χ0n) is 8.83. The molecule has 0 fully saturated rings. The number of carbonyl (C=O) groups is 2. The van der Waals surface area contributed by atoms with Crippen molar-refractivity contribution in [2.75, 3.05) is 4.90 Å². The van der Waals surface area contributed by atoms with Gasteiger partial charge in [0, 0.05) is 11.8 Å². The molecule has 4 heteroatoms. The van der Waals surface area contributed by atoms with Crippen LogP contribution in [0.5, 0.6) is 0 Å². The van der Waals surface area contributed by atoms with Gasteiger partial charge in [0.25, 0.3) is 0 Å². The number of ketones is 1. The summed E-state index contributed by atoms with van der Waals surface area (Å²) in [5, 5.41) is 9.15. The van der Waals surface area contributed by atoms with Crippen molar-refractivity contribution in [3.8, 4) is 0 Å². The highest BCUT2D eigenvalue weighted by Gasteiger charge is 2.42. The number of carboxylic acids is 1. The second kappa shape index (κ2) is 3.31. The summed E-state index contributed by atoms with van der Waals surface area (Å²) in [6.07, 6.45) is 7.07. The average Bonchev–Trinajstić information content (AvgIpc) is 2.47. The predicted octanol–water partition coefficient (Wildman–Crippen LogP) is 1.68. The Morgan fingerprint density at radius 3 is 2.88 bits per heavy atom. The van der Waals surface area contributed by atoms with Gasteiger partial charge in [-0.25, -0.2) is 4.79 Å². The average molecular weight is 227 g/mol. The number of allylic oxidation sites excluding steroid dienone is 2. The van der Waals surface area contributed by atoms with Gasteiger partial charge in [-0.1, -0.05) is 24.3 Å². The van der Waals surface area contributed by atoms with Crippen molar-refractivity contribution in [2.24, 2.45) is 0 Å². The Bertz CT molecular complexity index is 586. The zero-order valence-corrected chi connectivity index (χ0v) is 8.83. The number of rotatable bonds is 1.